The maximum absolute atomic E-state index is 13.2. The average Bonchev–Trinajstić information content (AvgIpc) is 2.89. The highest BCUT2D eigenvalue weighted by Crippen LogP contribution is 2.38. The van der Waals surface area contributed by atoms with Crippen LogP contribution in [0.2, 0.25) is 0 Å². The number of ether oxygens (including phenoxy) is 1. The van der Waals surface area contributed by atoms with Crippen LogP contribution in [-0.4, -0.2) is 22.9 Å². The summed E-state index contributed by atoms with van der Waals surface area (Å²) in [7, 11) is 0. The molecule has 2 aromatic carbocycles. The molecule has 0 spiro atoms. The Morgan fingerprint density at radius 3 is 2.72 bits per heavy atom. The molecular formula is C22H22F3N3O. The van der Waals surface area contributed by atoms with Crippen LogP contribution in [-0.2, 0) is 12.6 Å². The molecule has 0 radical (unpaired) electrons. The van der Waals surface area contributed by atoms with Crippen molar-refractivity contribution >= 4 is 5.82 Å². The van der Waals surface area contributed by atoms with E-state index in [0.717, 1.165) is 48.9 Å². The number of hydrogen-bond acceptors (Lipinski definition) is 3. The molecule has 3 aromatic rings. The predicted molar refractivity (Wildman–Crippen MR) is 107 cm³/mol. The van der Waals surface area contributed by atoms with E-state index < -0.39 is 11.7 Å². The number of para-hydroxylation sites is 2. The van der Waals surface area contributed by atoms with Gasteiger partial charge < -0.3 is 10.1 Å². The van der Waals surface area contributed by atoms with Crippen molar-refractivity contribution < 1.29 is 17.9 Å². The summed E-state index contributed by atoms with van der Waals surface area (Å²) in [5.74, 6) is 1.50. The molecule has 4 rings (SSSR count). The van der Waals surface area contributed by atoms with Gasteiger partial charge in [-0.1, -0.05) is 24.3 Å². The van der Waals surface area contributed by atoms with Crippen LogP contribution < -0.4 is 10.1 Å². The van der Waals surface area contributed by atoms with Crippen molar-refractivity contribution in [3.8, 4) is 22.7 Å². The number of alkyl halides is 3. The van der Waals surface area contributed by atoms with E-state index in [0.29, 0.717) is 23.6 Å². The Labute approximate surface area is 167 Å². The van der Waals surface area contributed by atoms with Gasteiger partial charge in [-0.15, -0.1) is 0 Å². The minimum absolute atomic E-state index is 0.465. The number of aromatic nitrogens is 2. The lowest BCUT2D eigenvalue weighted by atomic mass is 10.0. The van der Waals surface area contributed by atoms with E-state index in [4.69, 9.17) is 9.84 Å². The maximum Gasteiger partial charge on any atom is 0.416 e. The molecule has 0 amide bonds. The standard InChI is InChI=1S/C22H22F3N3O/c1-2-29-19-12-4-3-11-18(19)28-21-17(10-5-6-13-26-21)20(27-28)15-8-7-9-16(14-15)22(23,24)25/h3-4,7-9,11-12,14,26H,2,5-6,10,13H2,1H3. The monoisotopic (exact) mass is 401 g/mol. The first-order valence-electron chi connectivity index (χ1n) is 9.74. The van der Waals surface area contributed by atoms with Crippen LogP contribution in [0.4, 0.5) is 19.0 Å². The van der Waals surface area contributed by atoms with Crippen molar-refractivity contribution in [3.05, 3.63) is 59.7 Å². The third kappa shape index (κ3) is 3.81. The van der Waals surface area contributed by atoms with Crippen molar-refractivity contribution in [2.75, 3.05) is 18.5 Å². The first-order chi connectivity index (χ1) is 14.0. The fourth-order valence-electron chi connectivity index (χ4n) is 3.66. The number of hydrogen-bond donors (Lipinski definition) is 1. The number of halogens is 3. The summed E-state index contributed by atoms with van der Waals surface area (Å²) in [5.41, 5.74) is 2.07. The van der Waals surface area contributed by atoms with Gasteiger partial charge in [-0.05, 0) is 50.5 Å². The third-order valence-corrected chi connectivity index (χ3v) is 4.99. The summed E-state index contributed by atoms with van der Waals surface area (Å²) in [4.78, 5) is 0. The van der Waals surface area contributed by atoms with Gasteiger partial charge in [-0.3, -0.25) is 0 Å². The van der Waals surface area contributed by atoms with Crippen molar-refractivity contribution in [1.82, 2.24) is 9.78 Å². The molecule has 1 aromatic heterocycles. The summed E-state index contributed by atoms with van der Waals surface area (Å²) < 4.78 is 47.2. The zero-order valence-electron chi connectivity index (χ0n) is 16.1. The molecule has 0 saturated carbocycles. The van der Waals surface area contributed by atoms with Gasteiger partial charge in [0.1, 0.15) is 17.3 Å². The molecule has 0 unspecified atom stereocenters. The van der Waals surface area contributed by atoms with Crippen LogP contribution in [0, 0.1) is 0 Å². The SMILES string of the molecule is CCOc1ccccc1-n1nc(-c2cccc(C(F)(F)F)c2)c2c1NCCCC2. The summed E-state index contributed by atoms with van der Waals surface area (Å²) >= 11 is 0. The number of rotatable bonds is 4. The third-order valence-electron chi connectivity index (χ3n) is 4.99. The summed E-state index contributed by atoms with van der Waals surface area (Å²) in [6, 6.07) is 12.9. The van der Waals surface area contributed by atoms with Crippen molar-refractivity contribution in [1.29, 1.82) is 0 Å². The van der Waals surface area contributed by atoms with E-state index >= 15 is 0 Å². The fourth-order valence-corrected chi connectivity index (χ4v) is 3.66. The van der Waals surface area contributed by atoms with E-state index in [9.17, 15) is 13.2 Å². The molecular weight excluding hydrogens is 379 g/mol. The topological polar surface area (TPSA) is 39.1 Å². The summed E-state index contributed by atoms with van der Waals surface area (Å²) in [5, 5.41) is 8.17. The van der Waals surface area contributed by atoms with Crippen molar-refractivity contribution in [2.45, 2.75) is 32.4 Å². The van der Waals surface area contributed by atoms with Crippen LogP contribution in [0.15, 0.2) is 48.5 Å². The lowest BCUT2D eigenvalue weighted by molar-refractivity contribution is -0.137. The highest BCUT2D eigenvalue weighted by molar-refractivity contribution is 5.72. The van der Waals surface area contributed by atoms with Gasteiger partial charge in [0.25, 0.3) is 0 Å². The molecule has 0 saturated heterocycles. The number of nitrogens with one attached hydrogen (secondary N) is 1. The minimum Gasteiger partial charge on any atom is -0.492 e. The highest BCUT2D eigenvalue weighted by Gasteiger charge is 2.31. The maximum atomic E-state index is 13.2. The summed E-state index contributed by atoms with van der Waals surface area (Å²) in [6.45, 7) is 3.21. The van der Waals surface area contributed by atoms with Crippen LogP contribution in [0.5, 0.6) is 5.75 Å². The molecule has 0 atom stereocenters. The first-order valence-corrected chi connectivity index (χ1v) is 9.74. The van der Waals surface area contributed by atoms with Gasteiger partial charge in [0.2, 0.25) is 0 Å². The summed E-state index contributed by atoms with van der Waals surface area (Å²) in [6.07, 6.45) is -1.70. The number of benzene rings is 2. The van der Waals surface area contributed by atoms with Gasteiger partial charge in [-0.25, -0.2) is 4.68 Å². The smallest absolute Gasteiger partial charge is 0.416 e. The lowest BCUT2D eigenvalue weighted by Gasteiger charge is -2.13. The second kappa shape index (κ2) is 7.81. The Morgan fingerprint density at radius 1 is 1.10 bits per heavy atom. The Balaban J connectivity index is 1.90. The number of fused-ring (bicyclic) bond motifs is 1. The van der Waals surface area contributed by atoms with Crippen molar-refractivity contribution in [3.63, 3.8) is 0 Å². The van der Waals surface area contributed by atoms with Crippen LogP contribution >= 0.6 is 0 Å². The zero-order valence-corrected chi connectivity index (χ0v) is 16.1. The molecule has 1 aliphatic heterocycles. The van der Waals surface area contributed by atoms with E-state index in [1.165, 1.54) is 12.1 Å². The van der Waals surface area contributed by atoms with E-state index in [2.05, 4.69) is 5.32 Å². The number of nitrogens with zero attached hydrogens (tertiary/aromatic N) is 2. The Morgan fingerprint density at radius 2 is 1.93 bits per heavy atom. The lowest BCUT2D eigenvalue weighted by Crippen LogP contribution is -2.08. The zero-order chi connectivity index (χ0) is 20.4. The van der Waals surface area contributed by atoms with Gasteiger partial charge in [0, 0.05) is 17.7 Å². The molecule has 0 bridgehead atoms. The van der Waals surface area contributed by atoms with E-state index in [1.807, 2.05) is 31.2 Å². The molecule has 7 heteroatoms. The molecule has 1 aliphatic rings. The van der Waals surface area contributed by atoms with E-state index in [-0.39, 0.29) is 0 Å². The van der Waals surface area contributed by atoms with Crippen LogP contribution in [0.1, 0.15) is 30.9 Å². The second-order valence-electron chi connectivity index (χ2n) is 6.95. The molecule has 29 heavy (non-hydrogen) atoms. The Kier molecular flexibility index (Phi) is 5.22. The van der Waals surface area contributed by atoms with Gasteiger partial charge in [-0.2, -0.15) is 18.3 Å². The molecule has 4 nitrogen and oxygen atoms in total. The van der Waals surface area contributed by atoms with Crippen molar-refractivity contribution in [2.24, 2.45) is 0 Å². The van der Waals surface area contributed by atoms with Crippen LogP contribution in [0.3, 0.4) is 0 Å². The largest absolute Gasteiger partial charge is 0.492 e. The molecule has 0 aliphatic carbocycles. The van der Waals surface area contributed by atoms with E-state index in [1.54, 1.807) is 10.7 Å². The quantitative estimate of drug-likeness (QED) is 0.609. The highest BCUT2D eigenvalue weighted by atomic mass is 19.4. The normalized spacial score (nSPS) is 14.1. The van der Waals surface area contributed by atoms with Gasteiger partial charge in [0.15, 0.2) is 0 Å². The van der Waals surface area contributed by atoms with Gasteiger partial charge >= 0.3 is 6.18 Å². The molecule has 1 N–H and O–H groups in total. The van der Waals surface area contributed by atoms with Gasteiger partial charge in [0.05, 0.1) is 17.9 Å². The minimum atomic E-state index is -4.39. The molecule has 152 valence electrons. The first kappa shape index (κ1) is 19.4. The molecule has 0 fully saturated rings. The Bertz CT molecular complexity index is 1010. The fraction of sp³-hybridized carbons (Fsp3) is 0.318. The Hall–Kier alpha value is -2.96. The predicted octanol–water partition coefficient (Wildman–Crippen LogP) is 5.71. The average molecular weight is 401 g/mol. The number of anilines is 1. The van der Waals surface area contributed by atoms with Crippen LogP contribution in [0.25, 0.3) is 16.9 Å². The second-order valence-corrected chi connectivity index (χ2v) is 6.95. The molecule has 2 heterocycles.